The van der Waals surface area contributed by atoms with E-state index in [-0.39, 0.29) is 23.9 Å². The van der Waals surface area contributed by atoms with E-state index < -0.39 is 6.04 Å². The smallest absolute Gasteiger partial charge is 0.221 e. The van der Waals surface area contributed by atoms with Gasteiger partial charge in [-0.1, -0.05) is 12.1 Å². The lowest BCUT2D eigenvalue weighted by atomic mass is 10.00. The monoisotopic (exact) mass is 307 g/mol. The van der Waals surface area contributed by atoms with Crippen LogP contribution in [-0.4, -0.2) is 35.9 Å². The fourth-order valence-electron chi connectivity index (χ4n) is 2.04. The molecule has 6 nitrogen and oxygen atoms in total. The Kier molecular flexibility index (Phi) is 8.17. The standard InChI is InChI=1S/C16H25N3O3/c17-9-8-16(22)19-10-2-1-3-14(18)15(21)11-12-4-6-13(20)7-5-12/h4-7,14,20H,1-3,8-11,17-18H2,(H,19,22). The van der Waals surface area contributed by atoms with Crippen molar-refractivity contribution in [2.75, 3.05) is 13.1 Å². The molecule has 0 saturated heterocycles. The van der Waals surface area contributed by atoms with Crippen LogP contribution in [0.5, 0.6) is 5.75 Å². The molecule has 1 rings (SSSR count). The van der Waals surface area contributed by atoms with E-state index in [4.69, 9.17) is 11.5 Å². The van der Waals surface area contributed by atoms with Gasteiger partial charge in [0.25, 0.3) is 0 Å². The van der Waals surface area contributed by atoms with Gasteiger partial charge in [0.15, 0.2) is 5.78 Å². The number of phenols is 1. The molecule has 122 valence electrons. The number of hydrogen-bond acceptors (Lipinski definition) is 5. The van der Waals surface area contributed by atoms with Gasteiger partial charge in [0.1, 0.15) is 5.75 Å². The maximum absolute atomic E-state index is 12.0. The third kappa shape index (κ3) is 7.19. The highest BCUT2D eigenvalue weighted by Crippen LogP contribution is 2.11. The molecule has 1 amide bonds. The quantitative estimate of drug-likeness (QED) is 0.468. The summed E-state index contributed by atoms with van der Waals surface area (Å²) in [5, 5.41) is 12.0. The molecule has 0 saturated carbocycles. The molecule has 1 atom stereocenters. The third-order valence-corrected chi connectivity index (χ3v) is 3.36. The summed E-state index contributed by atoms with van der Waals surface area (Å²) < 4.78 is 0. The van der Waals surface area contributed by atoms with Gasteiger partial charge in [-0.15, -0.1) is 0 Å². The van der Waals surface area contributed by atoms with Crippen molar-refractivity contribution >= 4 is 11.7 Å². The molecular formula is C16H25N3O3. The molecule has 6 N–H and O–H groups in total. The van der Waals surface area contributed by atoms with Crippen molar-refractivity contribution in [1.29, 1.82) is 0 Å². The van der Waals surface area contributed by atoms with E-state index in [9.17, 15) is 14.7 Å². The average Bonchev–Trinajstić information content (AvgIpc) is 2.49. The number of ketones is 1. The first-order chi connectivity index (χ1) is 10.5. The first kappa shape index (κ1) is 18.1. The van der Waals surface area contributed by atoms with Crippen LogP contribution >= 0.6 is 0 Å². The van der Waals surface area contributed by atoms with Gasteiger partial charge >= 0.3 is 0 Å². The summed E-state index contributed by atoms with van der Waals surface area (Å²) in [5.74, 6) is 0.116. The molecule has 0 aliphatic carbocycles. The van der Waals surface area contributed by atoms with E-state index in [1.54, 1.807) is 24.3 Å². The Morgan fingerprint density at radius 3 is 2.50 bits per heavy atom. The fraction of sp³-hybridized carbons (Fsp3) is 0.500. The molecule has 0 fully saturated rings. The van der Waals surface area contributed by atoms with Crippen LogP contribution in [0.25, 0.3) is 0 Å². The van der Waals surface area contributed by atoms with Crippen LogP contribution in [0.3, 0.4) is 0 Å². The predicted octanol–water partition coefficient (Wildman–Crippen LogP) is 0.466. The van der Waals surface area contributed by atoms with E-state index in [0.29, 0.717) is 25.9 Å². The number of nitrogens with two attached hydrogens (primary N) is 2. The van der Waals surface area contributed by atoms with Crippen LogP contribution in [0.4, 0.5) is 0 Å². The molecule has 0 bridgehead atoms. The van der Waals surface area contributed by atoms with Gasteiger partial charge in [-0.25, -0.2) is 0 Å². The van der Waals surface area contributed by atoms with Crippen molar-refractivity contribution in [3.63, 3.8) is 0 Å². The average molecular weight is 307 g/mol. The normalized spacial score (nSPS) is 11.9. The van der Waals surface area contributed by atoms with Gasteiger partial charge in [0, 0.05) is 25.9 Å². The minimum Gasteiger partial charge on any atom is -0.508 e. The number of carbonyl (C=O) groups excluding carboxylic acids is 2. The predicted molar refractivity (Wildman–Crippen MR) is 85.3 cm³/mol. The van der Waals surface area contributed by atoms with E-state index >= 15 is 0 Å². The van der Waals surface area contributed by atoms with Crippen molar-refractivity contribution < 1.29 is 14.7 Å². The zero-order valence-corrected chi connectivity index (χ0v) is 12.8. The summed E-state index contributed by atoms with van der Waals surface area (Å²) in [6.45, 7) is 0.931. The van der Waals surface area contributed by atoms with Crippen LogP contribution in [0.15, 0.2) is 24.3 Å². The minimum absolute atomic E-state index is 0.0159. The Hall–Kier alpha value is -1.92. The number of unbranched alkanes of at least 4 members (excludes halogenated alkanes) is 1. The van der Waals surface area contributed by atoms with E-state index in [1.807, 2.05) is 0 Å². The molecule has 0 aromatic heterocycles. The maximum atomic E-state index is 12.0. The summed E-state index contributed by atoms with van der Waals surface area (Å²) >= 11 is 0. The molecule has 1 aromatic carbocycles. The number of phenolic OH excluding ortho intramolecular Hbond substituents is 1. The number of nitrogens with one attached hydrogen (secondary N) is 1. The van der Waals surface area contributed by atoms with Crippen LogP contribution in [-0.2, 0) is 16.0 Å². The van der Waals surface area contributed by atoms with Crippen LogP contribution in [0, 0.1) is 0 Å². The van der Waals surface area contributed by atoms with Crippen molar-refractivity contribution in [3.05, 3.63) is 29.8 Å². The van der Waals surface area contributed by atoms with Gasteiger partial charge < -0.3 is 21.9 Å². The number of aromatic hydroxyl groups is 1. The van der Waals surface area contributed by atoms with Crippen molar-refractivity contribution in [1.82, 2.24) is 5.32 Å². The molecular weight excluding hydrogens is 282 g/mol. The molecule has 0 radical (unpaired) electrons. The van der Waals surface area contributed by atoms with Gasteiger partial charge in [-0.3, -0.25) is 9.59 Å². The van der Waals surface area contributed by atoms with Crippen LogP contribution in [0.1, 0.15) is 31.2 Å². The zero-order valence-electron chi connectivity index (χ0n) is 12.8. The maximum Gasteiger partial charge on any atom is 0.221 e. The minimum atomic E-state index is -0.492. The second-order valence-corrected chi connectivity index (χ2v) is 5.30. The molecule has 1 unspecified atom stereocenters. The number of Topliss-reactive ketones (excluding diaryl/α,β-unsaturated/α-hetero) is 1. The zero-order chi connectivity index (χ0) is 16.4. The molecule has 0 aliphatic rings. The van der Waals surface area contributed by atoms with Gasteiger partial charge in [-0.2, -0.15) is 0 Å². The Bertz CT molecular complexity index is 474. The largest absolute Gasteiger partial charge is 0.508 e. The summed E-state index contributed by atoms with van der Waals surface area (Å²) in [6.07, 6.45) is 2.78. The molecule has 0 heterocycles. The van der Waals surface area contributed by atoms with E-state index in [0.717, 1.165) is 18.4 Å². The topological polar surface area (TPSA) is 118 Å². The van der Waals surface area contributed by atoms with Crippen molar-refractivity contribution in [2.24, 2.45) is 11.5 Å². The molecule has 1 aromatic rings. The Morgan fingerprint density at radius 1 is 1.18 bits per heavy atom. The van der Waals surface area contributed by atoms with Gasteiger partial charge in [-0.05, 0) is 37.0 Å². The molecule has 6 heteroatoms. The first-order valence-electron chi connectivity index (χ1n) is 7.56. The molecule has 22 heavy (non-hydrogen) atoms. The van der Waals surface area contributed by atoms with Crippen LogP contribution in [0.2, 0.25) is 0 Å². The second kappa shape index (κ2) is 9.92. The van der Waals surface area contributed by atoms with Gasteiger partial charge in [0.2, 0.25) is 5.91 Å². The summed E-state index contributed by atoms with van der Waals surface area (Å²) in [5.41, 5.74) is 12.0. The lowest BCUT2D eigenvalue weighted by molar-refractivity contribution is -0.121. The highest BCUT2D eigenvalue weighted by atomic mass is 16.3. The van der Waals surface area contributed by atoms with Crippen LogP contribution < -0.4 is 16.8 Å². The number of amides is 1. The first-order valence-corrected chi connectivity index (χ1v) is 7.56. The SMILES string of the molecule is NCCC(=O)NCCCCC(N)C(=O)Cc1ccc(O)cc1. The lowest BCUT2D eigenvalue weighted by Crippen LogP contribution is -2.32. The summed E-state index contributed by atoms with van der Waals surface area (Å²) in [6, 6.07) is 6.05. The second-order valence-electron chi connectivity index (χ2n) is 5.30. The fourth-order valence-corrected chi connectivity index (χ4v) is 2.04. The van der Waals surface area contributed by atoms with E-state index in [1.165, 1.54) is 0 Å². The van der Waals surface area contributed by atoms with Gasteiger partial charge in [0.05, 0.1) is 6.04 Å². The van der Waals surface area contributed by atoms with Crippen molar-refractivity contribution in [2.45, 2.75) is 38.1 Å². The summed E-state index contributed by atoms with van der Waals surface area (Å²) in [4.78, 5) is 23.2. The molecule has 0 spiro atoms. The summed E-state index contributed by atoms with van der Waals surface area (Å²) in [7, 11) is 0. The Balaban J connectivity index is 2.19. The third-order valence-electron chi connectivity index (χ3n) is 3.36. The van der Waals surface area contributed by atoms with E-state index in [2.05, 4.69) is 5.32 Å². The number of rotatable bonds is 10. The number of benzene rings is 1. The Labute approximate surface area is 130 Å². The number of carbonyl (C=O) groups is 2. The van der Waals surface area contributed by atoms with Crippen molar-refractivity contribution in [3.8, 4) is 5.75 Å². The Morgan fingerprint density at radius 2 is 1.86 bits per heavy atom. The molecule has 0 aliphatic heterocycles. The number of hydrogen-bond donors (Lipinski definition) is 4. The highest BCUT2D eigenvalue weighted by molar-refractivity contribution is 5.85. The lowest BCUT2D eigenvalue weighted by Gasteiger charge is -2.11. The highest BCUT2D eigenvalue weighted by Gasteiger charge is 2.13.